The Morgan fingerprint density at radius 3 is 2.20 bits per heavy atom. The summed E-state index contributed by atoms with van der Waals surface area (Å²) in [4.78, 5) is 2.31. The summed E-state index contributed by atoms with van der Waals surface area (Å²) >= 11 is 0. The quantitative estimate of drug-likeness (QED) is 0.922. The Bertz CT molecular complexity index is 420. The van der Waals surface area contributed by atoms with E-state index in [2.05, 4.69) is 4.90 Å². The second-order valence-electron chi connectivity index (χ2n) is 5.51. The van der Waals surface area contributed by atoms with Crippen molar-refractivity contribution in [3.05, 3.63) is 35.4 Å². The molecule has 0 saturated carbocycles. The summed E-state index contributed by atoms with van der Waals surface area (Å²) in [6.45, 7) is 4.70. The number of hydrogen-bond acceptors (Lipinski definition) is 2. The fourth-order valence-corrected chi connectivity index (χ4v) is 2.74. The van der Waals surface area contributed by atoms with Crippen molar-refractivity contribution < 1.29 is 13.2 Å². The van der Waals surface area contributed by atoms with Gasteiger partial charge in [0.1, 0.15) is 0 Å². The number of alkyl halides is 3. The lowest BCUT2D eigenvalue weighted by Gasteiger charge is -2.36. The van der Waals surface area contributed by atoms with Crippen LogP contribution in [0.15, 0.2) is 24.3 Å². The van der Waals surface area contributed by atoms with Gasteiger partial charge in [0, 0.05) is 6.04 Å². The van der Waals surface area contributed by atoms with Crippen molar-refractivity contribution in [2.75, 3.05) is 19.6 Å². The third kappa shape index (κ3) is 3.52. The van der Waals surface area contributed by atoms with Gasteiger partial charge in [-0.25, -0.2) is 0 Å². The molecule has 0 amide bonds. The van der Waals surface area contributed by atoms with E-state index in [1.807, 2.05) is 6.92 Å². The highest BCUT2D eigenvalue weighted by Crippen LogP contribution is 2.31. The van der Waals surface area contributed by atoms with Gasteiger partial charge in [0.2, 0.25) is 0 Å². The average Bonchev–Trinajstić information content (AvgIpc) is 2.46. The summed E-state index contributed by atoms with van der Waals surface area (Å²) < 4.78 is 37.6. The predicted octanol–water partition coefficient (Wildman–Crippen LogP) is 3.44. The van der Waals surface area contributed by atoms with Gasteiger partial charge >= 0.3 is 6.18 Å². The first-order chi connectivity index (χ1) is 9.41. The first-order valence-electron chi connectivity index (χ1n) is 7.03. The monoisotopic (exact) mass is 286 g/mol. The number of nitrogens with two attached hydrogens (primary N) is 1. The van der Waals surface area contributed by atoms with E-state index >= 15 is 0 Å². The average molecular weight is 286 g/mol. The van der Waals surface area contributed by atoms with Gasteiger partial charge in [0.25, 0.3) is 0 Å². The van der Waals surface area contributed by atoms with Crippen molar-refractivity contribution in [2.45, 2.75) is 32.0 Å². The number of benzene rings is 1. The summed E-state index contributed by atoms with van der Waals surface area (Å²) in [6, 6.07) is 5.65. The van der Waals surface area contributed by atoms with Crippen molar-refractivity contribution in [3.8, 4) is 0 Å². The maximum atomic E-state index is 12.5. The molecule has 5 heteroatoms. The highest BCUT2D eigenvalue weighted by atomic mass is 19.4. The summed E-state index contributed by atoms with van der Waals surface area (Å²) in [6.07, 6.45) is -2.12. The Labute approximate surface area is 117 Å². The van der Waals surface area contributed by atoms with Gasteiger partial charge in [-0.2, -0.15) is 13.2 Å². The van der Waals surface area contributed by atoms with Gasteiger partial charge in [-0.3, -0.25) is 4.90 Å². The second kappa shape index (κ2) is 6.14. The van der Waals surface area contributed by atoms with Crippen molar-refractivity contribution in [1.82, 2.24) is 4.90 Å². The summed E-state index contributed by atoms with van der Waals surface area (Å²) in [5, 5.41) is 0. The topological polar surface area (TPSA) is 29.3 Å². The normalized spacial score (nSPS) is 20.1. The molecule has 112 valence electrons. The highest BCUT2D eigenvalue weighted by molar-refractivity contribution is 5.26. The number of rotatable bonds is 3. The largest absolute Gasteiger partial charge is 0.416 e. The van der Waals surface area contributed by atoms with Crippen molar-refractivity contribution in [3.63, 3.8) is 0 Å². The van der Waals surface area contributed by atoms with Crippen molar-refractivity contribution in [2.24, 2.45) is 11.7 Å². The SMILES string of the molecule is CC(c1ccc(C(F)(F)F)cc1)N1CCC(CN)CC1. The number of piperidine rings is 1. The molecule has 0 radical (unpaired) electrons. The van der Waals surface area contributed by atoms with Gasteiger partial charge in [-0.1, -0.05) is 12.1 Å². The van der Waals surface area contributed by atoms with E-state index in [0.717, 1.165) is 38.0 Å². The van der Waals surface area contributed by atoms with Crippen LogP contribution in [0.2, 0.25) is 0 Å². The molecule has 1 aromatic carbocycles. The first kappa shape index (κ1) is 15.3. The van der Waals surface area contributed by atoms with E-state index in [-0.39, 0.29) is 6.04 Å². The zero-order valence-corrected chi connectivity index (χ0v) is 11.7. The number of likely N-dealkylation sites (tertiary alicyclic amines) is 1. The summed E-state index contributed by atoms with van der Waals surface area (Å²) in [7, 11) is 0. The minimum atomic E-state index is -4.26. The van der Waals surface area contributed by atoms with Crippen LogP contribution in [-0.4, -0.2) is 24.5 Å². The molecular weight excluding hydrogens is 265 g/mol. The Balaban J connectivity index is 2.01. The molecule has 1 saturated heterocycles. The molecule has 1 heterocycles. The standard InChI is InChI=1S/C15H21F3N2/c1-11(20-8-6-12(10-19)7-9-20)13-2-4-14(5-3-13)15(16,17)18/h2-5,11-12H,6-10,19H2,1H3. The van der Waals surface area contributed by atoms with Crippen molar-refractivity contribution in [1.29, 1.82) is 0 Å². The van der Waals surface area contributed by atoms with Crippen molar-refractivity contribution >= 4 is 0 Å². The van der Waals surface area contributed by atoms with Crippen LogP contribution in [0.5, 0.6) is 0 Å². The van der Waals surface area contributed by atoms with Crippen LogP contribution in [0.25, 0.3) is 0 Å². The van der Waals surface area contributed by atoms with Gasteiger partial charge in [0.15, 0.2) is 0 Å². The molecular formula is C15H21F3N2. The minimum absolute atomic E-state index is 0.149. The Morgan fingerprint density at radius 1 is 1.20 bits per heavy atom. The fourth-order valence-electron chi connectivity index (χ4n) is 2.74. The maximum absolute atomic E-state index is 12.5. The van der Waals surface area contributed by atoms with E-state index in [9.17, 15) is 13.2 Å². The van der Waals surface area contributed by atoms with Crippen LogP contribution in [0.4, 0.5) is 13.2 Å². The van der Waals surface area contributed by atoms with Crippen LogP contribution in [0.1, 0.15) is 36.9 Å². The van der Waals surface area contributed by atoms with E-state index in [4.69, 9.17) is 5.73 Å². The van der Waals surface area contributed by atoms with Gasteiger partial charge in [-0.05, 0) is 63.0 Å². The smallest absolute Gasteiger partial charge is 0.330 e. The number of hydrogen-bond donors (Lipinski definition) is 1. The summed E-state index contributed by atoms with van der Waals surface area (Å²) in [5.74, 6) is 0.589. The maximum Gasteiger partial charge on any atom is 0.416 e. The summed E-state index contributed by atoms with van der Waals surface area (Å²) in [5.41, 5.74) is 6.01. The molecule has 20 heavy (non-hydrogen) atoms. The van der Waals surface area contributed by atoms with E-state index in [0.29, 0.717) is 5.92 Å². The molecule has 1 fully saturated rings. The third-order valence-corrected chi connectivity index (χ3v) is 4.25. The zero-order chi connectivity index (χ0) is 14.8. The molecule has 0 bridgehead atoms. The molecule has 1 aliphatic rings. The third-order valence-electron chi connectivity index (χ3n) is 4.25. The molecule has 0 aromatic heterocycles. The molecule has 2 N–H and O–H groups in total. The lowest BCUT2D eigenvalue weighted by molar-refractivity contribution is -0.137. The lowest BCUT2D eigenvalue weighted by atomic mass is 9.94. The molecule has 0 aliphatic carbocycles. The predicted molar refractivity (Wildman–Crippen MR) is 73.2 cm³/mol. The van der Waals surface area contributed by atoms with Gasteiger partial charge < -0.3 is 5.73 Å². The molecule has 2 nitrogen and oxygen atoms in total. The van der Waals surface area contributed by atoms with E-state index < -0.39 is 11.7 Å². The Kier molecular flexibility index (Phi) is 4.70. The lowest BCUT2D eigenvalue weighted by Crippen LogP contribution is -2.37. The molecule has 1 atom stereocenters. The molecule has 0 spiro atoms. The Morgan fingerprint density at radius 2 is 1.75 bits per heavy atom. The number of halogens is 3. The second-order valence-corrected chi connectivity index (χ2v) is 5.51. The van der Waals surface area contributed by atoms with E-state index in [1.165, 1.54) is 12.1 Å². The fraction of sp³-hybridized carbons (Fsp3) is 0.600. The molecule has 2 rings (SSSR count). The minimum Gasteiger partial charge on any atom is -0.330 e. The van der Waals surface area contributed by atoms with Gasteiger partial charge in [-0.15, -0.1) is 0 Å². The van der Waals surface area contributed by atoms with Crippen LogP contribution in [0.3, 0.4) is 0 Å². The highest BCUT2D eigenvalue weighted by Gasteiger charge is 2.30. The molecule has 1 aliphatic heterocycles. The molecule has 1 aromatic rings. The zero-order valence-electron chi connectivity index (χ0n) is 11.7. The first-order valence-corrected chi connectivity index (χ1v) is 7.03. The van der Waals surface area contributed by atoms with E-state index in [1.54, 1.807) is 12.1 Å². The van der Waals surface area contributed by atoms with Crippen LogP contribution in [-0.2, 0) is 6.18 Å². The van der Waals surface area contributed by atoms with Crippen LogP contribution in [0, 0.1) is 5.92 Å². The van der Waals surface area contributed by atoms with Crippen LogP contribution < -0.4 is 5.73 Å². The molecule has 1 unspecified atom stereocenters. The number of nitrogens with zero attached hydrogens (tertiary/aromatic N) is 1. The van der Waals surface area contributed by atoms with Gasteiger partial charge in [0.05, 0.1) is 5.56 Å². The Hall–Kier alpha value is -1.07. The van der Waals surface area contributed by atoms with Crippen LogP contribution >= 0.6 is 0 Å².